The molecule has 0 fully saturated rings. The van der Waals surface area contributed by atoms with Crippen LogP contribution in [0.3, 0.4) is 0 Å². The first-order chi connectivity index (χ1) is 8.58. The van der Waals surface area contributed by atoms with E-state index >= 15 is 0 Å². The van der Waals surface area contributed by atoms with Crippen molar-refractivity contribution in [3.8, 4) is 0 Å². The molecule has 102 valence electrons. The summed E-state index contributed by atoms with van der Waals surface area (Å²) >= 11 is 0. The van der Waals surface area contributed by atoms with Gasteiger partial charge in [-0.2, -0.15) is 0 Å². The summed E-state index contributed by atoms with van der Waals surface area (Å²) in [6, 6.07) is 8.45. The van der Waals surface area contributed by atoms with Gasteiger partial charge in [0.05, 0.1) is 13.2 Å². The van der Waals surface area contributed by atoms with E-state index in [4.69, 9.17) is 9.47 Å². The predicted molar refractivity (Wildman–Crippen MR) is 75.4 cm³/mol. The topological polar surface area (TPSA) is 18.5 Å². The average molecular weight is 250 g/mol. The monoisotopic (exact) mass is 250 g/mol. The summed E-state index contributed by atoms with van der Waals surface area (Å²) in [6.07, 6.45) is 0. The second-order valence-electron chi connectivity index (χ2n) is 5.64. The molecule has 2 heteroatoms. The van der Waals surface area contributed by atoms with Gasteiger partial charge in [0.15, 0.2) is 0 Å². The van der Waals surface area contributed by atoms with E-state index in [2.05, 4.69) is 52.0 Å². The third-order valence-corrected chi connectivity index (χ3v) is 2.43. The van der Waals surface area contributed by atoms with Crippen LogP contribution in [0.2, 0.25) is 0 Å². The van der Waals surface area contributed by atoms with E-state index in [-0.39, 0.29) is 0 Å². The molecule has 0 radical (unpaired) electrons. The zero-order valence-electron chi connectivity index (χ0n) is 12.1. The summed E-state index contributed by atoms with van der Waals surface area (Å²) < 4.78 is 11.3. The zero-order valence-corrected chi connectivity index (χ0v) is 12.1. The van der Waals surface area contributed by atoms with Gasteiger partial charge in [0.2, 0.25) is 0 Å². The molecule has 0 aliphatic carbocycles. The Labute approximate surface area is 111 Å². The quantitative estimate of drug-likeness (QED) is 0.693. The number of rotatable bonds is 8. The molecule has 1 aromatic rings. The second-order valence-corrected chi connectivity index (χ2v) is 5.64. The van der Waals surface area contributed by atoms with Gasteiger partial charge in [0, 0.05) is 13.2 Å². The molecule has 0 aromatic heterocycles. The van der Waals surface area contributed by atoms with Crippen molar-refractivity contribution in [2.24, 2.45) is 11.8 Å². The summed E-state index contributed by atoms with van der Waals surface area (Å²) in [6.45, 7) is 11.7. The van der Waals surface area contributed by atoms with Gasteiger partial charge in [-0.3, -0.25) is 0 Å². The Morgan fingerprint density at radius 2 is 1.28 bits per heavy atom. The van der Waals surface area contributed by atoms with Crippen LogP contribution < -0.4 is 0 Å². The summed E-state index contributed by atoms with van der Waals surface area (Å²) in [5, 5.41) is 0. The summed E-state index contributed by atoms with van der Waals surface area (Å²) in [7, 11) is 0. The highest BCUT2D eigenvalue weighted by molar-refractivity contribution is 5.22. The molecule has 0 aliphatic heterocycles. The summed E-state index contributed by atoms with van der Waals surface area (Å²) in [5.41, 5.74) is 2.45. The minimum Gasteiger partial charge on any atom is -0.377 e. The molecule has 0 saturated heterocycles. The lowest BCUT2D eigenvalue weighted by Crippen LogP contribution is -2.03. The molecule has 0 N–H and O–H groups in total. The average Bonchev–Trinajstić information content (AvgIpc) is 2.28. The smallest absolute Gasteiger partial charge is 0.0717 e. The first kappa shape index (κ1) is 15.2. The van der Waals surface area contributed by atoms with Gasteiger partial charge in [0.1, 0.15) is 0 Å². The largest absolute Gasteiger partial charge is 0.377 e. The molecule has 0 saturated carbocycles. The molecule has 0 unspecified atom stereocenters. The minimum atomic E-state index is 0.586. The molecule has 0 bridgehead atoms. The fourth-order valence-electron chi connectivity index (χ4n) is 1.63. The third-order valence-electron chi connectivity index (χ3n) is 2.43. The maximum Gasteiger partial charge on any atom is 0.0717 e. The number of hydrogen-bond donors (Lipinski definition) is 0. The van der Waals surface area contributed by atoms with Crippen molar-refractivity contribution in [2.45, 2.75) is 40.9 Å². The molecule has 2 nitrogen and oxygen atoms in total. The maximum absolute atomic E-state index is 5.64. The fourth-order valence-corrected chi connectivity index (χ4v) is 1.63. The summed E-state index contributed by atoms with van der Waals surface area (Å²) in [5.74, 6) is 1.17. The van der Waals surface area contributed by atoms with E-state index in [0.717, 1.165) is 13.2 Å². The van der Waals surface area contributed by atoms with Gasteiger partial charge in [-0.05, 0) is 23.0 Å². The highest BCUT2D eigenvalue weighted by Gasteiger charge is 2.00. The third kappa shape index (κ3) is 6.77. The lowest BCUT2D eigenvalue weighted by atomic mass is 10.1. The SMILES string of the molecule is CC(C)COCc1cccc(COCC(C)C)c1. The normalized spacial score (nSPS) is 11.4. The van der Waals surface area contributed by atoms with Crippen molar-refractivity contribution in [3.63, 3.8) is 0 Å². The van der Waals surface area contributed by atoms with Gasteiger partial charge in [-0.25, -0.2) is 0 Å². The van der Waals surface area contributed by atoms with Crippen LogP contribution in [0.5, 0.6) is 0 Å². The Morgan fingerprint density at radius 1 is 0.833 bits per heavy atom. The van der Waals surface area contributed by atoms with Crippen LogP contribution in [-0.2, 0) is 22.7 Å². The number of ether oxygens (including phenoxy) is 2. The summed E-state index contributed by atoms with van der Waals surface area (Å²) in [4.78, 5) is 0. The van der Waals surface area contributed by atoms with Crippen LogP contribution in [0.25, 0.3) is 0 Å². The molecular weight excluding hydrogens is 224 g/mol. The van der Waals surface area contributed by atoms with Crippen LogP contribution in [0.1, 0.15) is 38.8 Å². The minimum absolute atomic E-state index is 0.586. The second kappa shape index (κ2) is 8.28. The van der Waals surface area contributed by atoms with E-state index in [9.17, 15) is 0 Å². The van der Waals surface area contributed by atoms with Crippen molar-refractivity contribution in [1.82, 2.24) is 0 Å². The highest BCUT2D eigenvalue weighted by Crippen LogP contribution is 2.09. The van der Waals surface area contributed by atoms with Crippen molar-refractivity contribution in [1.29, 1.82) is 0 Å². The molecule has 0 heterocycles. The van der Waals surface area contributed by atoms with Gasteiger partial charge in [0.25, 0.3) is 0 Å². The lowest BCUT2D eigenvalue weighted by molar-refractivity contribution is 0.0936. The van der Waals surface area contributed by atoms with Crippen molar-refractivity contribution >= 4 is 0 Å². The van der Waals surface area contributed by atoms with Crippen LogP contribution in [0.4, 0.5) is 0 Å². The molecule has 0 aliphatic rings. The van der Waals surface area contributed by atoms with Crippen LogP contribution in [-0.4, -0.2) is 13.2 Å². The molecule has 1 aromatic carbocycles. The Kier molecular flexibility index (Phi) is 6.99. The van der Waals surface area contributed by atoms with Gasteiger partial charge >= 0.3 is 0 Å². The first-order valence-corrected chi connectivity index (χ1v) is 6.81. The van der Waals surface area contributed by atoms with E-state index in [1.807, 2.05) is 0 Å². The maximum atomic E-state index is 5.64. The first-order valence-electron chi connectivity index (χ1n) is 6.81. The predicted octanol–water partition coefficient (Wildman–Crippen LogP) is 4.03. The van der Waals surface area contributed by atoms with Gasteiger partial charge < -0.3 is 9.47 Å². The molecule has 0 atom stereocenters. The fraction of sp³-hybridized carbons (Fsp3) is 0.625. The Morgan fingerprint density at radius 3 is 1.67 bits per heavy atom. The van der Waals surface area contributed by atoms with Crippen molar-refractivity contribution < 1.29 is 9.47 Å². The number of benzene rings is 1. The van der Waals surface area contributed by atoms with Gasteiger partial charge in [-0.15, -0.1) is 0 Å². The Balaban J connectivity index is 2.36. The van der Waals surface area contributed by atoms with Crippen molar-refractivity contribution in [3.05, 3.63) is 35.4 Å². The Hall–Kier alpha value is -0.860. The molecule has 0 amide bonds. The van der Waals surface area contributed by atoms with E-state index in [1.54, 1.807) is 0 Å². The van der Waals surface area contributed by atoms with Crippen LogP contribution in [0, 0.1) is 11.8 Å². The van der Waals surface area contributed by atoms with E-state index < -0.39 is 0 Å². The molecule has 0 spiro atoms. The van der Waals surface area contributed by atoms with Gasteiger partial charge in [-0.1, -0.05) is 52.0 Å². The van der Waals surface area contributed by atoms with Crippen molar-refractivity contribution in [2.75, 3.05) is 13.2 Å². The Bertz CT molecular complexity index is 302. The molecular formula is C16H26O2. The molecule has 18 heavy (non-hydrogen) atoms. The lowest BCUT2D eigenvalue weighted by Gasteiger charge is -2.09. The zero-order chi connectivity index (χ0) is 13.4. The van der Waals surface area contributed by atoms with E-state index in [1.165, 1.54) is 11.1 Å². The van der Waals surface area contributed by atoms with Crippen LogP contribution in [0.15, 0.2) is 24.3 Å². The number of hydrogen-bond acceptors (Lipinski definition) is 2. The van der Waals surface area contributed by atoms with E-state index in [0.29, 0.717) is 25.0 Å². The van der Waals surface area contributed by atoms with Crippen LogP contribution >= 0.6 is 0 Å². The highest BCUT2D eigenvalue weighted by atomic mass is 16.5. The molecule has 1 rings (SSSR count). The standard InChI is InChI=1S/C16H26O2/c1-13(2)9-17-11-15-6-5-7-16(8-15)12-18-10-14(3)4/h5-8,13-14H,9-12H2,1-4H3.